The summed E-state index contributed by atoms with van der Waals surface area (Å²) in [5, 5.41) is 6.20. The van der Waals surface area contributed by atoms with Gasteiger partial charge in [-0.15, -0.1) is 11.3 Å². The average molecular weight is 424 g/mol. The van der Waals surface area contributed by atoms with Gasteiger partial charge < -0.3 is 5.32 Å². The number of aromatic nitrogens is 4. The Hall–Kier alpha value is -3.04. The Kier molecular flexibility index (Phi) is 5.41. The van der Waals surface area contributed by atoms with E-state index >= 15 is 0 Å². The lowest BCUT2D eigenvalue weighted by Crippen LogP contribution is -2.22. The van der Waals surface area contributed by atoms with Crippen molar-refractivity contribution < 1.29 is 4.79 Å². The molecule has 1 amide bonds. The molecular formula is C20H17N5O2S2. The van der Waals surface area contributed by atoms with Crippen LogP contribution in [0.1, 0.15) is 18.2 Å². The van der Waals surface area contributed by atoms with Crippen molar-refractivity contribution in [1.82, 2.24) is 19.5 Å². The van der Waals surface area contributed by atoms with Crippen LogP contribution in [0.25, 0.3) is 16.7 Å². The van der Waals surface area contributed by atoms with Crippen molar-refractivity contribution in [3.05, 3.63) is 69.6 Å². The van der Waals surface area contributed by atoms with E-state index in [1.807, 2.05) is 42.6 Å². The second-order valence-electron chi connectivity index (χ2n) is 6.36. The van der Waals surface area contributed by atoms with Gasteiger partial charge in [-0.25, -0.2) is 19.5 Å². The minimum Gasteiger partial charge on any atom is -0.302 e. The predicted molar refractivity (Wildman–Crippen MR) is 116 cm³/mol. The predicted octanol–water partition coefficient (Wildman–Crippen LogP) is 3.80. The number of carbonyl (C=O) groups is 1. The molecule has 0 saturated carbocycles. The fourth-order valence-electron chi connectivity index (χ4n) is 2.77. The van der Waals surface area contributed by atoms with Crippen molar-refractivity contribution in [2.24, 2.45) is 0 Å². The first-order chi connectivity index (χ1) is 14.0. The van der Waals surface area contributed by atoms with Crippen LogP contribution in [0.15, 0.2) is 57.9 Å². The van der Waals surface area contributed by atoms with Crippen molar-refractivity contribution in [2.75, 3.05) is 5.32 Å². The summed E-state index contributed by atoms with van der Waals surface area (Å²) >= 11 is 2.77. The smallest absolute Gasteiger partial charge is 0.267 e. The molecule has 0 atom stereocenters. The molecule has 29 heavy (non-hydrogen) atoms. The van der Waals surface area contributed by atoms with E-state index in [1.165, 1.54) is 30.0 Å². The van der Waals surface area contributed by atoms with Crippen LogP contribution in [-0.4, -0.2) is 25.4 Å². The van der Waals surface area contributed by atoms with Gasteiger partial charge in [-0.3, -0.25) is 9.59 Å². The first kappa shape index (κ1) is 19.3. The van der Waals surface area contributed by atoms with Crippen molar-refractivity contribution in [1.29, 1.82) is 0 Å². The molecule has 0 aliphatic heterocycles. The lowest BCUT2D eigenvalue weighted by atomic mass is 10.2. The van der Waals surface area contributed by atoms with Crippen LogP contribution in [0.5, 0.6) is 0 Å². The summed E-state index contributed by atoms with van der Waals surface area (Å²) in [6, 6.07) is 11.0. The number of nitrogens with zero attached hydrogens (tertiary/aromatic N) is 4. The lowest BCUT2D eigenvalue weighted by molar-refractivity contribution is -0.114. The maximum atomic E-state index is 13.2. The quantitative estimate of drug-likeness (QED) is 0.388. The summed E-state index contributed by atoms with van der Waals surface area (Å²) in [4.78, 5) is 37.9. The number of amides is 1. The highest BCUT2D eigenvalue weighted by atomic mass is 32.2. The maximum absolute atomic E-state index is 13.2. The van der Waals surface area contributed by atoms with Crippen LogP contribution in [0.2, 0.25) is 0 Å². The van der Waals surface area contributed by atoms with Crippen LogP contribution < -0.4 is 10.9 Å². The molecule has 4 rings (SSSR count). The minimum absolute atomic E-state index is 0.158. The van der Waals surface area contributed by atoms with Gasteiger partial charge in [-0.05, 0) is 36.8 Å². The van der Waals surface area contributed by atoms with Crippen LogP contribution >= 0.6 is 23.1 Å². The van der Waals surface area contributed by atoms with Crippen molar-refractivity contribution in [2.45, 2.75) is 24.8 Å². The van der Waals surface area contributed by atoms with Crippen molar-refractivity contribution in [3.63, 3.8) is 0 Å². The fraction of sp³-hybridized carbons (Fsp3) is 0.150. The van der Waals surface area contributed by atoms with E-state index in [1.54, 1.807) is 16.8 Å². The van der Waals surface area contributed by atoms with E-state index in [9.17, 15) is 9.59 Å². The molecule has 1 N–H and O–H groups in total. The second-order valence-corrected chi connectivity index (χ2v) is 8.16. The van der Waals surface area contributed by atoms with E-state index < -0.39 is 0 Å². The molecule has 3 heterocycles. The summed E-state index contributed by atoms with van der Waals surface area (Å²) in [7, 11) is 0. The standard InChI is InChI=1S/C20H17N5O2S2/c1-12-7-8-21-17(9-12)25-18(27)15-5-3-4-6-16(15)24-20(25)29-11-14-10-28-19(23-14)22-13(2)26/h3-10H,11H2,1-2H3,(H,22,23,26). The number of hydrogen-bond donors (Lipinski definition) is 1. The second kappa shape index (κ2) is 8.14. The molecule has 146 valence electrons. The summed E-state index contributed by atoms with van der Waals surface area (Å²) in [6.07, 6.45) is 1.68. The molecule has 0 fully saturated rings. The van der Waals surface area contributed by atoms with Gasteiger partial charge in [-0.1, -0.05) is 23.9 Å². The highest BCUT2D eigenvalue weighted by Crippen LogP contribution is 2.26. The van der Waals surface area contributed by atoms with Crippen LogP contribution in [0.4, 0.5) is 5.13 Å². The normalized spacial score (nSPS) is 11.0. The molecule has 0 radical (unpaired) electrons. The average Bonchev–Trinajstić information content (AvgIpc) is 3.13. The van der Waals surface area contributed by atoms with E-state index in [4.69, 9.17) is 4.98 Å². The van der Waals surface area contributed by atoms with Gasteiger partial charge in [0.1, 0.15) is 5.82 Å². The molecule has 3 aromatic heterocycles. The molecule has 4 aromatic rings. The molecular weight excluding hydrogens is 406 g/mol. The molecule has 0 spiro atoms. The maximum Gasteiger partial charge on any atom is 0.267 e. The van der Waals surface area contributed by atoms with E-state index in [0.717, 1.165) is 11.3 Å². The first-order valence-corrected chi connectivity index (χ1v) is 10.7. The number of pyridine rings is 1. The monoisotopic (exact) mass is 423 g/mol. The topological polar surface area (TPSA) is 89.8 Å². The third kappa shape index (κ3) is 4.20. The van der Waals surface area contributed by atoms with E-state index in [-0.39, 0.29) is 11.5 Å². The van der Waals surface area contributed by atoms with Gasteiger partial charge in [0.25, 0.3) is 5.56 Å². The Bertz CT molecular complexity index is 1270. The minimum atomic E-state index is -0.159. The number of para-hydroxylation sites is 1. The number of aryl methyl sites for hydroxylation is 1. The molecule has 0 unspecified atom stereocenters. The molecule has 7 nitrogen and oxygen atoms in total. The molecule has 0 saturated heterocycles. The number of hydrogen-bond acceptors (Lipinski definition) is 7. The fourth-order valence-corrected chi connectivity index (χ4v) is 4.53. The highest BCUT2D eigenvalue weighted by Gasteiger charge is 2.15. The number of nitrogens with one attached hydrogen (secondary N) is 1. The van der Waals surface area contributed by atoms with Gasteiger partial charge in [0.05, 0.1) is 16.6 Å². The Labute approximate surface area is 174 Å². The molecule has 0 aliphatic rings. The summed E-state index contributed by atoms with van der Waals surface area (Å²) in [5.74, 6) is 0.884. The SMILES string of the molecule is CC(=O)Nc1nc(CSc2nc3ccccc3c(=O)n2-c2cc(C)ccn2)cs1. The number of anilines is 1. The zero-order valence-corrected chi connectivity index (χ0v) is 17.4. The van der Waals surface area contributed by atoms with Crippen molar-refractivity contribution >= 4 is 45.0 Å². The molecule has 1 aromatic carbocycles. The van der Waals surface area contributed by atoms with E-state index in [0.29, 0.717) is 32.8 Å². The zero-order valence-electron chi connectivity index (χ0n) is 15.7. The number of thioether (sulfide) groups is 1. The zero-order chi connectivity index (χ0) is 20.4. The Morgan fingerprint density at radius 1 is 1.24 bits per heavy atom. The number of carbonyl (C=O) groups excluding carboxylic acids is 1. The number of benzene rings is 1. The van der Waals surface area contributed by atoms with Gasteiger partial charge in [-0.2, -0.15) is 0 Å². The van der Waals surface area contributed by atoms with Crippen LogP contribution in [0, 0.1) is 6.92 Å². The Morgan fingerprint density at radius 2 is 2.07 bits per heavy atom. The summed E-state index contributed by atoms with van der Waals surface area (Å²) in [6.45, 7) is 3.40. The summed E-state index contributed by atoms with van der Waals surface area (Å²) in [5.41, 5.74) is 2.29. The van der Waals surface area contributed by atoms with Gasteiger partial charge >= 0.3 is 0 Å². The molecule has 0 bridgehead atoms. The van der Waals surface area contributed by atoms with Crippen molar-refractivity contribution in [3.8, 4) is 5.82 Å². The van der Waals surface area contributed by atoms with Gasteiger partial charge in [0.15, 0.2) is 10.3 Å². The largest absolute Gasteiger partial charge is 0.302 e. The third-order valence-electron chi connectivity index (χ3n) is 4.06. The van der Waals surface area contributed by atoms with Gasteiger partial charge in [0.2, 0.25) is 5.91 Å². The molecule has 9 heteroatoms. The Balaban J connectivity index is 1.74. The van der Waals surface area contributed by atoms with Crippen LogP contribution in [-0.2, 0) is 10.5 Å². The third-order valence-corrected chi connectivity index (χ3v) is 5.84. The number of fused-ring (bicyclic) bond motifs is 1. The van der Waals surface area contributed by atoms with E-state index in [2.05, 4.69) is 15.3 Å². The first-order valence-electron chi connectivity index (χ1n) is 8.81. The molecule has 0 aliphatic carbocycles. The lowest BCUT2D eigenvalue weighted by Gasteiger charge is -2.12. The Morgan fingerprint density at radius 3 is 2.86 bits per heavy atom. The number of rotatable bonds is 5. The highest BCUT2D eigenvalue weighted by molar-refractivity contribution is 7.98. The van der Waals surface area contributed by atoms with Crippen LogP contribution in [0.3, 0.4) is 0 Å². The van der Waals surface area contributed by atoms with Gasteiger partial charge in [0, 0.05) is 24.3 Å². The number of thiazole rings is 1. The summed E-state index contributed by atoms with van der Waals surface area (Å²) < 4.78 is 1.54.